The number of hydrogen-bond donors (Lipinski definition) is 2. The van der Waals surface area contributed by atoms with Crippen LogP contribution in [0.1, 0.15) is 68.3 Å². The van der Waals surface area contributed by atoms with Crippen molar-refractivity contribution in [1.82, 2.24) is 0 Å². The minimum Gasteiger partial charge on any atom is -0.288 e. The molecule has 0 heterocycles. The molecule has 0 amide bonds. The van der Waals surface area contributed by atoms with Gasteiger partial charge in [-0.2, -0.15) is 0 Å². The van der Waals surface area contributed by atoms with Crippen LogP contribution in [-0.4, -0.2) is 34.1 Å². The van der Waals surface area contributed by atoms with Crippen LogP contribution in [0.3, 0.4) is 0 Å². The molecule has 7 nitrogen and oxygen atoms in total. The average Bonchev–Trinajstić information content (AvgIpc) is 2.74. The van der Waals surface area contributed by atoms with Crippen LogP contribution >= 0.6 is 0 Å². The largest absolute Gasteiger partial charge is 0.288 e. The lowest BCUT2D eigenvalue weighted by atomic mass is 10.0. The first-order chi connectivity index (χ1) is 15.2. The second-order valence-corrected chi connectivity index (χ2v) is 11.4. The van der Waals surface area contributed by atoms with E-state index < -0.39 is 25.8 Å². The Morgan fingerprint density at radius 1 is 0.656 bits per heavy atom. The van der Waals surface area contributed by atoms with Crippen LogP contribution in [0.15, 0.2) is 48.5 Å². The Hall–Kier alpha value is -2.39. The molecule has 0 saturated heterocycles. The standard InChI is InChI=1S/C23H32N2O5S2/c1-3-5-11-17-31(27,28)24-21-15-9-7-13-19(21)23(26)20-14-8-10-16-22(20)25-32(29,30)18-12-6-4-2/h7-10,13-16,24-25H,3-6,11-12,17-18H2,1-2H3. The van der Waals surface area contributed by atoms with Gasteiger partial charge in [0, 0.05) is 11.1 Å². The molecular weight excluding hydrogens is 448 g/mol. The maximum atomic E-state index is 13.3. The summed E-state index contributed by atoms with van der Waals surface area (Å²) >= 11 is 0. The maximum absolute atomic E-state index is 13.3. The molecule has 0 saturated carbocycles. The predicted octanol–water partition coefficient (Wildman–Crippen LogP) is 4.78. The first-order valence-corrected chi connectivity index (χ1v) is 14.2. The van der Waals surface area contributed by atoms with Crippen molar-refractivity contribution in [2.75, 3.05) is 20.9 Å². The molecule has 0 aliphatic carbocycles. The van der Waals surface area contributed by atoms with Crippen molar-refractivity contribution in [3.05, 3.63) is 59.7 Å². The number of nitrogens with one attached hydrogen (secondary N) is 2. The van der Waals surface area contributed by atoms with E-state index in [9.17, 15) is 21.6 Å². The molecule has 2 rings (SSSR count). The van der Waals surface area contributed by atoms with Crippen molar-refractivity contribution < 1.29 is 21.6 Å². The molecule has 0 aromatic heterocycles. The van der Waals surface area contributed by atoms with Crippen molar-refractivity contribution in [3.63, 3.8) is 0 Å². The number of benzene rings is 2. The van der Waals surface area contributed by atoms with E-state index in [1.165, 1.54) is 24.3 Å². The molecule has 2 aromatic carbocycles. The molecule has 0 spiro atoms. The number of hydrogen-bond acceptors (Lipinski definition) is 5. The maximum Gasteiger partial charge on any atom is 0.232 e. The summed E-state index contributed by atoms with van der Waals surface area (Å²) in [7, 11) is -7.22. The van der Waals surface area contributed by atoms with Crippen molar-refractivity contribution in [2.24, 2.45) is 0 Å². The summed E-state index contributed by atoms with van der Waals surface area (Å²) in [6, 6.07) is 12.7. The average molecular weight is 481 g/mol. The lowest BCUT2D eigenvalue weighted by Gasteiger charge is -2.15. The fraction of sp³-hybridized carbons (Fsp3) is 0.435. The number of unbranched alkanes of at least 4 members (excludes halogenated alkanes) is 4. The van der Waals surface area contributed by atoms with Gasteiger partial charge in [0.25, 0.3) is 0 Å². The van der Waals surface area contributed by atoms with Crippen LogP contribution in [-0.2, 0) is 20.0 Å². The lowest BCUT2D eigenvalue weighted by Crippen LogP contribution is -2.20. The van der Waals surface area contributed by atoms with Crippen molar-refractivity contribution in [1.29, 1.82) is 0 Å². The number of sulfonamides is 2. The number of anilines is 2. The Morgan fingerprint density at radius 3 is 1.41 bits per heavy atom. The minimum atomic E-state index is -3.61. The predicted molar refractivity (Wildman–Crippen MR) is 130 cm³/mol. The summed E-state index contributed by atoms with van der Waals surface area (Å²) in [6.45, 7) is 3.98. The molecule has 0 aliphatic rings. The number of rotatable bonds is 14. The SMILES string of the molecule is CCCCCS(=O)(=O)Nc1ccccc1C(=O)c1ccccc1NS(=O)(=O)CCCCC. The van der Waals surface area contributed by atoms with E-state index in [4.69, 9.17) is 0 Å². The lowest BCUT2D eigenvalue weighted by molar-refractivity contribution is 0.104. The third kappa shape index (κ3) is 7.94. The molecule has 0 unspecified atom stereocenters. The molecule has 176 valence electrons. The molecular formula is C23H32N2O5S2. The molecule has 0 fully saturated rings. The van der Waals surface area contributed by atoms with Crippen molar-refractivity contribution >= 4 is 37.2 Å². The third-order valence-corrected chi connectivity index (χ3v) is 7.62. The monoisotopic (exact) mass is 480 g/mol. The smallest absolute Gasteiger partial charge is 0.232 e. The normalized spacial score (nSPS) is 11.8. The van der Waals surface area contributed by atoms with E-state index in [0.717, 1.165) is 25.7 Å². The van der Waals surface area contributed by atoms with E-state index in [0.29, 0.717) is 12.8 Å². The molecule has 2 N–H and O–H groups in total. The number of carbonyl (C=O) groups excluding carboxylic acids is 1. The zero-order chi connectivity index (χ0) is 23.6. The third-order valence-electron chi connectivity index (χ3n) is 4.91. The summed E-state index contributed by atoms with van der Waals surface area (Å²) in [5, 5.41) is 0. The highest BCUT2D eigenvalue weighted by Gasteiger charge is 2.21. The van der Waals surface area contributed by atoms with Gasteiger partial charge in [-0.1, -0.05) is 63.8 Å². The van der Waals surface area contributed by atoms with Gasteiger partial charge in [0.15, 0.2) is 5.78 Å². The van der Waals surface area contributed by atoms with Crippen LogP contribution in [0.2, 0.25) is 0 Å². The molecule has 2 aromatic rings. The summed E-state index contributed by atoms with van der Waals surface area (Å²) < 4.78 is 54.8. The summed E-state index contributed by atoms with van der Waals surface area (Å²) in [4.78, 5) is 13.3. The van der Waals surface area contributed by atoms with Gasteiger partial charge in [-0.3, -0.25) is 14.2 Å². The van der Waals surface area contributed by atoms with Gasteiger partial charge in [0.05, 0.1) is 22.9 Å². The fourth-order valence-corrected chi connectivity index (χ4v) is 5.61. The van der Waals surface area contributed by atoms with Gasteiger partial charge >= 0.3 is 0 Å². The van der Waals surface area contributed by atoms with E-state index in [1.807, 2.05) is 13.8 Å². The van der Waals surface area contributed by atoms with Gasteiger partial charge in [-0.05, 0) is 37.1 Å². The van der Waals surface area contributed by atoms with Gasteiger partial charge in [-0.15, -0.1) is 0 Å². The zero-order valence-electron chi connectivity index (χ0n) is 18.6. The minimum absolute atomic E-state index is 0.0302. The Kier molecular flexibility index (Phi) is 9.71. The quantitative estimate of drug-likeness (QED) is 0.299. The molecule has 9 heteroatoms. The van der Waals surface area contributed by atoms with Crippen LogP contribution in [0.4, 0.5) is 11.4 Å². The van der Waals surface area contributed by atoms with E-state index in [2.05, 4.69) is 9.44 Å². The van der Waals surface area contributed by atoms with Crippen LogP contribution < -0.4 is 9.44 Å². The van der Waals surface area contributed by atoms with Crippen molar-refractivity contribution in [2.45, 2.75) is 52.4 Å². The van der Waals surface area contributed by atoms with Gasteiger partial charge in [-0.25, -0.2) is 16.8 Å². The highest BCUT2D eigenvalue weighted by molar-refractivity contribution is 7.93. The fourth-order valence-electron chi connectivity index (χ4n) is 3.21. The number of para-hydroxylation sites is 2. The Labute approximate surface area is 191 Å². The summed E-state index contributed by atoms with van der Waals surface area (Å²) in [6.07, 6.45) is 4.46. The Balaban J connectivity index is 2.30. The first-order valence-electron chi connectivity index (χ1n) is 10.9. The molecule has 32 heavy (non-hydrogen) atoms. The van der Waals surface area contributed by atoms with Crippen molar-refractivity contribution in [3.8, 4) is 0 Å². The van der Waals surface area contributed by atoms with Crippen LogP contribution in [0.25, 0.3) is 0 Å². The highest BCUT2D eigenvalue weighted by Crippen LogP contribution is 2.25. The zero-order valence-corrected chi connectivity index (χ0v) is 20.3. The van der Waals surface area contributed by atoms with E-state index in [-0.39, 0.29) is 34.0 Å². The van der Waals surface area contributed by atoms with E-state index in [1.54, 1.807) is 24.3 Å². The highest BCUT2D eigenvalue weighted by atomic mass is 32.2. The summed E-state index contributed by atoms with van der Waals surface area (Å²) in [5.74, 6) is -0.529. The van der Waals surface area contributed by atoms with Gasteiger partial charge in [0.1, 0.15) is 0 Å². The topological polar surface area (TPSA) is 109 Å². The van der Waals surface area contributed by atoms with E-state index >= 15 is 0 Å². The molecule has 0 aliphatic heterocycles. The van der Waals surface area contributed by atoms with Crippen LogP contribution in [0.5, 0.6) is 0 Å². The Bertz CT molecular complexity index is 1030. The molecule has 0 atom stereocenters. The number of ketones is 1. The number of carbonyl (C=O) groups is 1. The second-order valence-electron chi connectivity index (χ2n) is 7.68. The first kappa shape index (κ1) is 25.9. The Morgan fingerprint density at radius 2 is 1.03 bits per heavy atom. The molecule has 0 bridgehead atoms. The van der Waals surface area contributed by atoms with Gasteiger partial charge < -0.3 is 0 Å². The second kappa shape index (κ2) is 12.0. The molecule has 0 radical (unpaired) electrons. The van der Waals surface area contributed by atoms with Crippen LogP contribution in [0, 0.1) is 0 Å². The summed E-state index contributed by atoms with van der Waals surface area (Å²) in [5.41, 5.74) is 0.664. The van der Waals surface area contributed by atoms with Gasteiger partial charge in [0.2, 0.25) is 20.0 Å².